The van der Waals surface area contributed by atoms with Crippen LogP contribution in [-0.4, -0.2) is 37.2 Å². The Morgan fingerprint density at radius 2 is 1.75 bits per heavy atom. The smallest absolute Gasteiger partial charge is 0.241 e. The van der Waals surface area contributed by atoms with Crippen LogP contribution in [0.4, 0.5) is 5.69 Å². The van der Waals surface area contributed by atoms with E-state index in [4.69, 9.17) is 0 Å². The van der Waals surface area contributed by atoms with Crippen molar-refractivity contribution in [2.24, 2.45) is 0 Å². The van der Waals surface area contributed by atoms with E-state index in [1.165, 1.54) is 14.0 Å². The SMILES string of the molecule is CNC(=O)CN[C@H](C)C(=O)Nc1ccc(C(C)=O)cc1. The highest BCUT2D eigenvalue weighted by atomic mass is 16.2. The summed E-state index contributed by atoms with van der Waals surface area (Å²) < 4.78 is 0. The number of hydrogen-bond donors (Lipinski definition) is 3. The first-order chi connectivity index (χ1) is 9.43. The van der Waals surface area contributed by atoms with Gasteiger partial charge in [0, 0.05) is 18.3 Å². The highest BCUT2D eigenvalue weighted by Gasteiger charge is 2.13. The number of nitrogens with one attached hydrogen (secondary N) is 3. The summed E-state index contributed by atoms with van der Waals surface area (Å²) in [6, 6.07) is 6.14. The zero-order chi connectivity index (χ0) is 15.1. The van der Waals surface area contributed by atoms with E-state index < -0.39 is 6.04 Å². The number of rotatable bonds is 6. The number of ketones is 1. The maximum absolute atomic E-state index is 11.9. The molecule has 108 valence electrons. The molecule has 0 radical (unpaired) electrons. The highest BCUT2D eigenvalue weighted by molar-refractivity contribution is 5.97. The van der Waals surface area contributed by atoms with E-state index in [-0.39, 0.29) is 24.1 Å². The predicted molar refractivity (Wildman–Crippen MR) is 76.6 cm³/mol. The van der Waals surface area contributed by atoms with E-state index in [1.54, 1.807) is 31.2 Å². The molecule has 1 aromatic rings. The van der Waals surface area contributed by atoms with Crippen molar-refractivity contribution in [3.05, 3.63) is 29.8 Å². The Morgan fingerprint density at radius 1 is 1.15 bits per heavy atom. The van der Waals surface area contributed by atoms with Gasteiger partial charge in [-0.1, -0.05) is 0 Å². The summed E-state index contributed by atoms with van der Waals surface area (Å²) in [6.07, 6.45) is 0. The van der Waals surface area contributed by atoms with Crippen molar-refractivity contribution in [3.63, 3.8) is 0 Å². The zero-order valence-corrected chi connectivity index (χ0v) is 11.8. The van der Waals surface area contributed by atoms with Gasteiger partial charge >= 0.3 is 0 Å². The Bertz CT molecular complexity index is 497. The molecule has 0 aliphatic rings. The molecule has 6 nitrogen and oxygen atoms in total. The van der Waals surface area contributed by atoms with Crippen molar-refractivity contribution in [2.45, 2.75) is 19.9 Å². The average molecular weight is 277 g/mol. The van der Waals surface area contributed by atoms with Gasteiger partial charge in [-0.3, -0.25) is 19.7 Å². The molecule has 1 rings (SSSR count). The summed E-state index contributed by atoms with van der Waals surface area (Å²) >= 11 is 0. The topological polar surface area (TPSA) is 87.3 Å². The minimum atomic E-state index is -0.500. The molecular formula is C14H19N3O3. The van der Waals surface area contributed by atoms with E-state index in [9.17, 15) is 14.4 Å². The van der Waals surface area contributed by atoms with Gasteiger partial charge in [0.05, 0.1) is 12.6 Å². The van der Waals surface area contributed by atoms with Gasteiger partial charge in [0.25, 0.3) is 0 Å². The Kier molecular flexibility index (Phi) is 5.86. The van der Waals surface area contributed by atoms with E-state index in [0.29, 0.717) is 11.3 Å². The van der Waals surface area contributed by atoms with Crippen molar-refractivity contribution in [3.8, 4) is 0 Å². The molecule has 0 heterocycles. The van der Waals surface area contributed by atoms with E-state index in [0.717, 1.165) is 0 Å². The largest absolute Gasteiger partial charge is 0.358 e. The second kappa shape index (κ2) is 7.40. The molecule has 0 fully saturated rings. The van der Waals surface area contributed by atoms with Gasteiger partial charge in [0.2, 0.25) is 11.8 Å². The molecule has 0 saturated heterocycles. The minimum absolute atomic E-state index is 0.0245. The van der Waals surface area contributed by atoms with Gasteiger partial charge in [-0.15, -0.1) is 0 Å². The molecule has 0 bridgehead atoms. The molecule has 0 spiro atoms. The Morgan fingerprint density at radius 3 is 2.25 bits per heavy atom. The number of carbonyl (C=O) groups is 3. The van der Waals surface area contributed by atoms with Gasteiger partial charge in [-0.05, 0) is 38.1 Å². The molecule has 1 aromatic carbocycles. The van der Waals surface area contributed by atoms with Crippen molar-refractivity contribution in [1.82, 2.24) is 10.6 Å². The fourth-order valence-electron chi connectivity index (χ4n) is 1.47. The second-order valence-corrected chi connectivity index (χ2v) is 4.40. The third-order valence-corrected chi connectivity index (χ3v) is 2.80. The molecule has 0 aliphatic heterocycles. The van der Waals surface area contributed by atoms with Gasteiger partial charge < -0.3 is 10.6 Å². The van der Waals surface area contributed by atoms with Gasteiger partial charge in [-0.25, -0.2) is 0 Å². The first kappa shape index (κ1) is 15.8. The summed E-state index contributed by atoms with van der Waals surface area (Å²) in [4.78, 5) is 34.1. The summed E-state index contributed by atoms with van der Waals surface area (Å²) in [5.41, 5.74) is 1.20. The monoisotopic (exact) mass is 277 g/mol. The normalized spacial score (nSPS) is 11.6. The molecular weight excluding hydrogens is 258 g/mol. The molecule has 0 saturated carbocycles. The number of Topliss-reactive ketones (excluding diaryl/α,β-unsaturated/α-hetero) is 1. The van der Waals surface area contributed by atoms with Crippen molar-refractivity contribution < 1.29 is 14.4 Å². The van der Waals surface area contributed by atoms with Crippen LogP contribution < -0.4 is 16.0 Å². The quantitative estimate of drug-likeness (QED) is 0.663. The Balaban J connectivity index is 2.52. The number of amides is 2. The first-order valence-corrected chi connectivity index (χ1v) is 6.30. The van der Waals surface area contributed by atoms with Crippen molar-refractivity contribution >= 4 is 23.3 Å². The Hall–Kier alpha value is -2.21. The van der Waals surface area contributed by atoms with Gasteiger partial charge in [0.15, 0.2) is 5.78 Å². The van der Waals surface area contributed by atoms with Crippen LogP contribution in [0.1, 0.15) is 24.2 Å². The fraction of sp³-hybridized carbons (Fsp3) is 0.357. The summed E-state index contributed by atoms with van der Waals surface area (Å²) in [6.45, 7) is 3.23. The number of hydrogen-bond acceptors (Lipinski definition) is 4. The predicted octanol–water partition coefficient (Wildman–Crippen LogP) is 0.552. The molecule has 6 heteroatoms. The summed E-state index contributed by atoms with van der Waals surface area (Å²) in [7, 11) is 1.53. The van der Waals surface area contributed by atoms with Crippen LogP contribution in [0.2, 0.25) is 0 Å². The molecule has 1 atom stereocenters. The van der Waals surface area contributed by atoms with Crippen LogP contribution in [0.25, 0.3) is 0 Å². The summed E-state index contributed by atoms with van der Waals surface area (Å²) in [5, 5.41) is 7.97. The lowest BCUT2D eigenvalue weighted by Gasteiger charge is -2.13. The Labute approximate surface area is 117 Å². The standard InChI is InChI=1S/C14H19N3O3/c1-9(16-8-13(19)15-3)14(20)17-12-6-4-11(5-7-12)10(2)18/h4-7,9,16H,8H2,1-3H3,(H,15,19)(H,17,20)/t9-/m1/s1. The fourth-order valence-corrected chi connectivity index (χ4v) is 1.47. The maximum atomic E-state index is 11.9. The van der Waals surface area contributed by atoms with Gasteiger partial charge in [0.1, 0.15) is 0 Å². The van der Waals surface area contributed by atoms with Crippen LogP contribution in [0.5, 0.6) is 0 Å². The third kappa shape index (κ3) is 4.81. The van der Waals surface area contributed by atoms with Crippen LogP contribution in [0.15, 0.2) is 24.3 Å². The van der Waals surface area contributed by atoms with Crippen molar-refractivity contribution in [2.75, 3.05) is 18.9 Å². The first-order valence-electron chi connectivity index (χ1n) is 6.30. The lowest BCUT2D eigenvalue weighted by atomic mass is 10.1. The lowest BCUT2D eigenvalue weighted by Crippen LogP contribution is -2.42. The molecule has 20 heavy (non-hydrogen) atoms. The lowest BCUT2D eigenvalue weighted by molar-refractivity contribution is -0.120. The molecule has 0 aliphatic carbocycles. The number of anilines is 1. The van der Waals surface area contributed by atoms with Crippen molar-refractivity contribution in [1.29, 1.82) is 0 Å². The van der Waals surface area contributed by atoms with Crippen LogP contribution >= 0.6 is 0 Å². The number of likely N-dealkylation sites (N-methyl/N-ethyl adjacent to an activating group) is 1. The third-order valence-electron chi connectivity index (χ3n) is 2.80. The number of carbonyl (C=O) groups excluding carboxylic acids is 3. The number of benzene rings is 1. The van der Waals surface area contributed by atoms with E-state index in [1.807, 2.05) is 0 Å². The van der Waals surface area contributed by atoms with Crippen LogP contribution in [-0.2, 0) is 9.59 Å². The van der Waals surface area contributed by atoms with E-state index in [2.05, 4.69) is 16.0 Å². The van der Waals surface area contributed by atoms with Crippen LogP contribution in [0, 0.1) is 0 Å². The minimum Gasteiger partial charge on any atom is -0.358 e. The maximum Gasteiger partial charge on any atom is 0.241 e. The summed E-state index contributed by atoms with van der Waals surface area (Å²) in [5.74, 6) is -0.455. The van der Waals surface area contributed by atoms with Crippen LogP contribution in [0.3, 0.4) is 0 Å². The zero-order valence-electron chi connectivity index (χ0n) is 11.8. The second-order valence-electron chi connectivity index (χ2n) is 4.40. The highest BCUT2D eigenvalue weighted by Crippen LogP contribution is 2.10. The van der Waals surface area contributed by atoms with E-state index >= 15 is 0 Å². The molecule has 2 amide bonds. The molecule has 0 aromatic heterocycles. The average Bonchev–Trinajstić information content (AvgIpc) is 2.44. The van der Waals surface area contributed by atoms with Gasteiger partial charge in [-0.2, -0.15) is 0 Å². The molecule has 0 unspecified atom stereocenters. The molecule has 3 N–H and O–H groups in total.